The van der Waals surface area contributed by atoms with Crippen LogP contribution in [0.1, 0.15) is 24.5 Å². The number of carbonyl (C=O) groups is 1. The van der Waals surface area contributed by atoms with Gasteiger partial charge in [0.1, 0.15) is 5.52 Å². The fraction of sp³-hybridized carbons (Fsp3) is 0.300. The van der Waals surface area contributed by atoms with Gasteiger partial charge < -0.3 is 4.74 Å². The monoisotopic (exact) mass is 303 g/mol. The summed E-state index contributed by atoms with van der Waals surface area (Å²) >= 11 is 0. The van der Waals surface area contributed by atoms with E-state index in [-0.39, 0.29) is 17.4 Å². The van der Waals surface area contributed by atoms with E-state index in [1.54, 1.807) is 13.8 Å². The number of carbonyl (C=O) groups excluding carboxylic acids is 1. The summed E-state index contributed by atoms with van der Waals surface area (Å²) in [4.78, 5) is 19.4. The first-order chi connectivity index (χ1) is 8.80. The molecule has 0 atom stereocenters. The molecule has 2 aromatic heterocycles. The molecule has 0 spiro atoms. The number of halogens is 1. The third-order valence-corrected chi connectivity index (χ3v) is 3.37. The largest absolute Gasteiger partial charge is 0.457 e. The Balaban J connectivity index is 2.67. The van der Waals surface area contributed by atoms with Crippen molar-refractivity contribution < 1.29 is 17.9 Å². The zero-order chi connectivity index (χ0) is 14.2. The molecule has 0 saturated carbocycles. The number of fused-ring (bicyclic) bond motifs is 1. The Morgan fingerprint density at radius 3 is 2.74 bits per heavy atom. The summed E-state index contributed by atoms with van der Waals surface area (Å²) in [5.74, 6) is -0.895. The highest BCUT2D eigenvalue weighted by molar-refractivity contribution is 8.13. The molecule has 0 saturated heterocycles. The number of aromatic nitrogens is 3. The van der Waals surface area contributed by atoms with Crippen LogP contribution in [0.3, 0.4) is 0 Å². The number of nitrogens with zero attached hydrogens (tertiary/aromatic N) is 3. The molecule has 19 heavy (non-hydrogen) atoms. The van der Waals surface area contributed by atoms with Gasteiger partial charge in [0.05, 0.1) is 12.3 Å². The van der Waals surface area contributed by atoms with Crippen molar-refractivity contribution in [3.63, 3.8) is 0 Å². The molecule has 0 amide bonds. The summed E-state index contributed by atoms with van der Waals surface area (Å²) < 4.78 is 29.1. The van der Waals surface area contributed by atoms with Gasteiger partial charge in [0.2, 0.25) is 5.82 Å². The van der Waals surface area contributed by atoms with E-state index in [0.29, 0.717) is 0 Å². The third-order valence-electron chi connectivity index (χ3n) is 2.17. The third kappa shape index (κ3) is 2.69. The van der Waals surface area contributed by atoms with Crippen molar-refractivity contribution in [2.24, 2.45) is 0 Å². The summed E-state index contributed by atoms with van der Waals surface area (Å²) in [6.07, 6.45) is 3.71. The molecule has 102 valence electrons. The Morgan fingerprint density at radius 1 is 1.47 bits per heavy atom. The SMILES string of the molecule is CC(C)OC(=O)c1nc(S(=O)(=O)Cl)c2cnccn12. The van der Waals surface area contributed by atoms with Crippen LogP contribution in [0.25, 0.3) is 5.52 Å². The molecule has 0 N–H and O–H groups in total. The summed E-state index contributed by atoms with van der Waals surface area (Å²) in [6.45, 7) is 3.35. The average molecular weight is 304 g/mol. The van der Waals surface area contributed by atoms with Crippen LogP contribution in [0.2, 0.25) is 0 Å². The van der Waals surface area contributed by atoms with Gasteiger partial charge in [0.15, 0.2) is 5.03 Å². The Morgan fingerprint density at radius 2 is 2.16 bits per heavy atom. The number of esters is 1. The smallest absolute Gasteiger partial charge is 0.375 e. The van der Waals surface area contributed by atoms with Gasteiger partial charge in [-0.1, -0.05) is 0 Å². The predicted molar refractivity (Wildman–Crippen MR) is 66.6 cm³/mol. The molecule has 0 aromatic carbocycles. The second-order valence-corrected chi connectivity index (χ2v) is 6.45. The maximum atomic E-state index is 11.8. The van der Waals surface area contributed by atoms with Crippen molar-refractivity contribution in [1.82, 2.24) is 14.4 Å². The van der Waals surface area contributed by atoms with Crippen molar-refractivity contribution >= 4 is 31.2 Å². The summed E-state index contributed by atoms with van der Waals surface area (Å²) in [6, 6.07) is 0. The van der Waals surface area contributed by atoms with E-state index in [0.717, 1.165) is 0 Å². The van der Waals surface area contributed by atoms with Crippen molar-refractivity contribution in [3.05, 3.63) is 24.4 Å². The molecule has 2 rings (SSSR count). The fourth-order valence-electron chi connectivity index (χ4n) is 1.50. The Bertz CT molecular complexity index is 738. The van der Waals surface area contributed by atoms with Gasteiger partial charge in [-0.15, -0.1) is 0 Å². The average Bonchev–Trinajstić information content (AvgIpc) is 2.67. The van der Waals surface area contributed by atoms with E-state index in [4.69, 9.17) is 15.4 Å². The standard InChI is InChI=1S/C10H10ClN3O4S/c1-6(2)18-10(15)8-13-9(19(11,16)17)7-5-12-3-4-14(7)8/h3-6H,1-2H3. The van der Waals surface area contributed by atoms with E-state index < -0.39 is 20.0 Å². The lowest BCUT2D eigenvalue weighted by Crippen LogP contribution is -2.14. The topological polar surface area (TPSA) is 90.6 Å². The van der Waals surface area contributed by atoms with Crippen LogP contribution in [0.15, 0.2) is 23.6 Å². The summed E-state index contributed by atoms with van der Waals surface area (Å²) in [7, 11) is 1.20. The minimum absolute atomic E-state index is 0.119. The van der Waals surface area contributed by atoms with E-state index in [1.165, 1.54) is 23.0 Å². The quantitative estimate of drug-likeness (QED) is 0.625. The molecular weight excluding hydrogens is 294 g/mol. The van der Waals surface area contributed by atoms with Crippen LogP contribution in [0, 0.1) is 0 Å². The van der Waals surface area contributed by atoms with Crippen LogP contribution >= 0.6 is 10.7 Å². The lowest BCUT2D eigenvalue weighted by atomic mass is 10.5. The first-order valence-electron chi connectivity index (χ1n) is 5.28. The number of hydrogen-bond acceptors (Lipinski definition) is 6. The molecular formula is C10H10ClN3O4S. The molecule has 0 bridgehead atoms. The van der Waals surface area contributed by atoms with Crippen molar-refractivity contribution in [2.75, 3.05) is 0 Å². The number of rotatable bonds is 3. The molecule has 9 heteroatoms. The number of imidazole rings is 1. The Hall–Kier alpha value is -1.67. The van der Waals surface area contributed by atoms with Crippen LogP contribution in [0.5, 0.6) is 0 Å². The molecule has 0 radical (unpaired) electrons. The minimum atomic E-state index is -4.08. The van der Waals surface area contributed by atoms with Crippen LogP contribution in [-0.4, -0.2) is 34.9 Å². The second-order valence-electron chi connectivity index (χ2n) is 3.96. The highest BCUT2D eigenvalue weighted by atomic mass is 35.7. The summed E-state index contributed by atoms with van der Waals surface area (Å²) in [5, 5.41) is -0.419. The fourth-order valence-corrected chi connectivity index (χ4v) is 2.44. The Labute approximate surface area is 113 Å². The lowest BCUT2D eigenvalue weighted by Gasteiger charge is -2.06. The van der Waals surface area contributed by atoms with Gasteiger partial charge in [-0.2, -0.15) is 0 Å². The molecule has 2 aromatic rings. The zero-order valence-electron chi connectivity index (χ0n) is 10.1. The molecule has 0 aliphatic carbocycles. The minimum Gasteiger partial charge on any atom is -0.457 e. The van der Waals surface area contributed by atoms with E-state index in [9.17, 15) is 13.2 Å². The van der Waals surface area contributed by atoms with Crippen molar-refractivity contribution in [1.29, 1.82) is 0 Å². The molecule has 2 heterocycles. The first kappa shape index (κ1) is 13.8. The van der Waals surface area contributed by atoms with Gasteiger partial charge in [0.25, 0.3) is 9.05 Å². The number of hydrogen-bond donors (Lipinski definition) is 0. The second kappa shape index (κ2) is 4.78. The molecule has 0 unspecified atom stereocenters. The summed E-state index contributed by atoms with van der Waals surface area (Å²) in [5.41, 5.74) is 0.119. The van der Waals surface area contributed by atoms with Crippen LogP contribution in [-0.2, 0) is 13.8 Å². The molecule has 0 aliphatic rings. The highest BCUT2D eigenvalue weighted by Gasteiger charge is 2.25. The Kier molecular flexibility index (Phi) is 3.46. The van der Waals surface area contributed by atoms with Gasteiger partial charge >= 0.3 is 5.97 Å². The van der Waals surface area contributed by atoms with Gasteiger partial charge in [0, 0.05) is 23.1 Å². The lowest BCUT2D eigenvalue weighted by molar-refractivity contribution is 0.0362. The van der Waals surface area contributed by atoms with Crippen molar-refractivity contribution in [2.45, 2.75) is 25.0 Å². The van der Waals surface area contributed by atoms with Crippen molar-refractivity contribution in [3.8, 4) is 0 Å². The maximum Gasteiger partial charge on any atom is 0.375 e. The highest BCUT2D eigenvalue weighted by Crippen LogP contribution is 2.21. The zero-order valence-corrected chi connectivity index (χ0v) is 11.6. The van der Waals surface area contributed by atoms with Gasteiger partial charge in [-0.05, 0) is 13.8 Å². The molecule has 0 aliphatic heterocycles. The first-order valence-corrected chi connectivity index (χ1v) is 7.59. The number of ether oxygens (including phenoxy) is 1. The maximum absolute atomic E-state index is 11.8. The van der Waals surface area contributed by atoms with E-state index in [2.05, 4.69) is 9.97 Å². The predicted octanol–water partition coefficient (Wildman–Crippen LogP) is 1.22. The normalized spacial score (nSPS) is 12.0. The van der Waals surface area contributed by atoms with Gasteiger partial charge in [-0.25, -0.2) is 18.2 Å². The van der Waals surface area contributed by atoms with Crippen LogP contribution < -0.4 is 0 Å². The molecule has 0 fully saturated rings. The van der Waals surface area contributed by atoms with Gasteiger partial charge in [-0.3, -0.25) is 9.38 Å². The van der Waals surface area contributed by atoms with Crippen LogP contribution in [0.4, 0.5) is 0 Å². The molecule has 7 nitrogen and oxygen atoms in total. The van der Waals surface area contributed by atoms with E-state index >= 15 is 0 Å². The van der Waals surface area contributed by atoms with E-state index in [1.807, 2.05) is 0 Å².